The van der Waals surface area contributed by atoms with Gasteiger partial charge in [0.25, 0.3) is 5.69 Å². The Labute approximate surface area is 144 Å². The number of aryl methyl sites for hydroxylation is 1. The minimum Gasteiger partial charge on any atom is -0.465 e. The van der Waals surface area contributed by atoms with E-state index in [0.29, 0.717) is 29.4 Å². The zero-order chi connectivity index (χ0) is 18.0. The number of nitrogens with zero attached hydrogens (tertiary/aromatic N) is 3. The van der Waals surface area contributed by atoms with Gasteiger partial charge in [-0.15, -0.1) is 0 Å². The molecule has 3 rings (SSSR count). The Hall–Kier alpha value is -3.03. The molecule has 2 aromatic heterocycles. The zero-order valence-corrected chi connectivity index (χ0v) is 14.0. The second-order valence-electron chi connectivity index (χ2n) is 5.97. The third-order valence-electron chi connectivity index (χ3n) is 4.06. The molecule has 8 nitrogen and oxygen atoms in total. The van der Waals surface area contributed by atoms with Crippen molar-refractivity contribution in [1.82, 2.24) is 9.97 Å². The minimum absolute atomic E-state index is 0.0420. The number of carbonyl (C=O) groups excluding carboxylic acids is 1. The van der Waals surface area contributed by atoms with Crippen molar-refractivity contribution >= 4 is 17.5 Å². The average Bonchev–Trinajstić information content (AvgIpc) is 3.44. The van der Waals surface area contributed by atoms with Crippen LogP contribution in [0.4, 0.5) is 11.5 Å². The number of carbonyl (C=O) groups is 1. The van der Waals surface area contributed by atoms with Gasteiger partial charge in [0.05, 0.1) is 35.5 Å². The number of pyridine rings is 2. The number of esters is 1. The molecule has 0 radical (unpaired) electrons. The molecule has 0 amide bonds. The lowest BCUT2D eigenvalue weighted by Crippen LogP contribution is -2.11. The van der Waals surface area contributed by atoms with Gasteiger partial charge in [-0.25, -0.2) is 9.78 Å². The highest BCUT2D eigenvalue weighted by atomic mass is 16.6. The van der Waals surface area contributed by atoms with Crippen molar-refractivity contribution in [2.75, 3.05) is 12.4 Å². The Kier molecular flexibility index (Phi) is 4.60. The molecule has 1 fully saturated rings. The topological polar surface area (TPSA) is 107 Å². The van der Waals surface area contributed by atoms with Crippen LogP contribution in [-0.2, 0) is 11.3 Å². The Morgan fingerprint density at radius 2 is 2.20 bits per heavy atom. The summed E-state index contributed by atoms with van der Waals surface area (Å²) in [5.41, 5.74) is 2.70. The summed E-state index contributed by atoms with van der Waals surface area (Å²) in [6, 6.07) is 4.98. The van der Waals surface area contributed by atoms with E-state index in [1.54, 1.807) is 19.1 Å². The first-order chi connectivity index (χ1) is 12.0. The molecule has 0 unspecified atom stereocenters. The SMILES string of the molecule is COC(=O)c1ccc(CNc2ncc([N+](=O)[O-])cc2C)nc1C1CC1. The Morgan fingerprint density at radius 3 is 2.80 bits per heavy atom. The molecule has 25 heavy (non-hydrogen) atoms. The summed E-state index contributed by atoms with van der Waals surface area (Å²) in [4.78, 5) is 30.8. The minimum atomic E-state index is -0.473. The van der Waals surface area contributed by atoms with Gasteiger partial charge < -0.3 is 10.1 Å². The van der Waals surface area contributed by atoms with Crippen molar-refractivity contribution in [3.8, 4) is 0 Å². The fourth-order valence-electron chi connectivity index (χ4n) is 2.59. The first kappa shape index (κ1) is 16.8. The highest BCUT2D eigenvalue weighted by molar-refractivity contribution is 5.90. The second kappa shape index (κ2) is 6.84. The standard InChI is InChI=1S/C17H18N4O4/c1-10-7-13(21(23)24)9-19-16(10)18-8-12-5-6-14(17(22)25-2)15(20-12)11-3-4-11/h5-7,9,11H,3-4,8H2,1-2H3,(H,18,19). The molecule has 0 spiro atoms. The van der Waals surface area contributed by atoms with Gasteiger partial charge in [-0.1, -0.05) is 0 Å². The molecule has 0 bridgehead atoms. The van der Waals surface area contributed by atoms with Gasteiger partial charge in [0.15, 0.2) is 0 Å². The third-order valence-corrected chi connectivity index (χ3v) is 4.06. The predicted molar refractivity (Wildman–Crippen MR) is 90.5 cm³/mol. The molecular formula is C17H18N4O4. The lowest BCUT2D eigenvalue weighted by atomic mass is 10.1. The predicted octanol–water partition coefficient (Wildman–Crippen LogP) is 2.97. The van der Waals surface area contributed by atoms with E-state index in [4.69, 9.17) is 4.74 Å². The molecule has 2 heterocycles. The molecule has 1 N–H and O–H groups in total. The molecule has 0 aliphatic heterocycles. The van der Waals surface area contributed by atoms with E-state index in [-0.39, 0.29) is 11.7 Å². The van der Waals surface area contributed by atoms with Crippen molar-refractivity contribution < 1.29 is 14.5 Å². The molecule has 8 heteroatoms. The van der Waals surface area contributed by atoms with Gasteiger partial charge >= 0.3 is 5.97 Å². The Morgan fingerprint density at radius 1 is 1.44 bits per heavy atom. The molecule has 0 atom stereocenters. The highest BCUT2D eigenvalue weighted by Gasteiger charge is 2.30. The summed E-state index contributed by atoms with van der Waals surface area (Å²) in [5.74, 6) is 0.507. The molecule has 0 aromatic carbocycles. The molecule has 0 saturated heterocycles. The first-order valence-corrected chi connectivity index (χ1v) is 7.92. The Balaban J connectivity index is 1.76. The summed E-state index contributed by atoms with van der Waals surface area (Å²) in [5, 5.41) is 13.9. The van der Waals surface area contributed by atoms with Crippen LogP contribution in [0.15, 0.2) is 24.4 Å². The van der Waals surface area contributed by atoms with Crippen molar-refractivity contribution in [2.24, 2.45) is 0 Å². The quantitative estimate of drug-likeness (QED) is 0.488. The van der Waals surface area contributed by atoms with Crippen LogP contribution in [0.25, 0.3) is 0 Å². The van der Waals surface area contributed by atoms with Crippen molar-refractivity contribution in [2.45, 2.75) is 32.2 Å². The van der Waals surface area contributed by atoms with Gasteiger partial charge in [0.1, 0.15) is 12.0 Å². The molecule has 130 valence electrons. The zero-order valence-electron chi connectivity index (χ0n) is 14.0. The van der Waals surface area contributed by atoms with E-state index < -0.39 is 4.92 Å². The van der Waals surface area contributed by atoms with E-state index >= 15 is 0 Å². The fraction of sp³-hybridized carbons (Fsp3) is 0.353. The summed E-state index contributed by atoms with van der Waals surface area (Å²) < 4.78 is 4.81. The summed E-state index contributed by atoms with van der Waals surface area (Å²) in [6.45, 7) is 2.17. The number of hydrogen-bond donors (Lipinski definition) is 1. The van der Waals surface area contributed by atoms with Crippen LogP contribution >= 0.6 is 0 Å². The number of nitrogens with one attached hydrogen (secondary N) is 1. The molecular weight excluding hydrogens is 324 g/mol. The van der Waals surface area contributed by atoms with Crippen LogP contribution in [0, 0.1) is 17.0 Å². The van der Waals surface area contributed by atoms with E-state index in [9.17, 15) is 14.9 Å². The number of aromatic nitrogens is 2. The van der Waals surface area contributed by atoms with Crippen molar-refractivity contribution in [3.05, 3.63) is 57.0 Å². The van der Waals surface area contributed by atoms with Crippen LogP contribution in [-0.4, -0.2) is 28.0 Å². The normalized spacial score (nSPS) is 13.4. The van der Waals surface area contributed by atoms with Gasteiger partial charge in [0.2, 0.25) is 0 Å². The van der Waals surface area contributed by atoms with E-state index in [0.717, 1.165) is 24.2 Å². The smallest absolute Gasteiger partial charge is 0.339 e. The number of anilines is 1. The monoisotopic (exact) mass is 342 g/mol. The van der Waals surface area contributed by atoms with Gasteiger partial charge in [0, 0.05) is 12.0 Å². The number of methoxy groups -OCH3 is 1. The maximum absolute atomic E-state index is 11.8. The second-order valence-corrected chi connectivity index (χ2v) is 5.97. The summed E-state index contributed by atoms with van der Waals surface area (Å²) in [6.07, 6.45) is 3.27. The van der Waals surface area contributed by atoms with Crippen LogP contribution in [0.5, 0.6) is 0 Å². The summed E-state index contributed by atoms with van der Waals surface area (Å²) in [7, 11) is 1.36. The fourth-order valence-corrected chi connectivity index (χ4v) is 2.59. The van der Waals surface area contributed by atoms with Gasteiger partial charge in [-0.3, -0.25) is 15.1 Å². The average molecular weight is 342 g/mol. The maximum atomic E-state index is 11.8. The van der Waals surface area contributed by atoms with Crippen LogP contribution in [0.1, 0.15) is 46.1 Å². The first-order valence-electron chi connectivity index (χ1n) is 7.92. The van der Waals surface area contributed by atoms with Crippen LogP contribution < -0.4 is 5.32 Å². The number of hydrogen-bond acceptors (Lipinski definition) is 7. The number of nitro groups is 1. The van der Waals surface area contributed by atoms with Crippen molar-refractivity contribution in [1.29, 1.82) is 0 Å². The maximum Gasteiger partial charge on any atom is 0.339 e. The molecule has 1 aliphatic carbocycles. The van der Waals surface area contributed by atoms with E-state index in [2.05, 4.69) is 15.3 Å². The van der Waals surface area contributed by atoms with Gasteiger partial charge in [-0.05, 0) is 37.5 Å². The summed E-state index contributed by atoms with van der Waals surface area (Å²) >= 11 is 0. The lowest BCUT2D eigenvalue weighted by Gasteiger charge is -2.11. The van der Waals surface area contributed by atoms with Gasteiger partial charge in [-0.2, -0.15) is 0 Å². The lowest BCUT2D eigenvalue weighted by molar-refractivity contribution is -0.385. The third kappa shape index (κ3) is 3.73. The van der Waals surface area contributed by atoms with Crippen molar-refractivity contribution in [3.63, 3.8) is 0 Å². The Bertz CT molecular complexity index is 833. The molecule has 1 saturated carbocycles. The van der Waals surface area contributed by atoms with E-state index in [1.807, 2.05) is 0 Å². The molecule has 2 aromatic rings. The van der Waals surface area contributed by atoms with E-state index in [1.165, 1.54) is 19.4 Å². The molecule has 1 aliphatic rings. The van der Waals surface area contributed by atoms with Crippen LogP contribution in [0.2, 0.25) is 0 Å². The number of rotatable bonds is 6. The highest BCUT2D eigenvalue weighted by Crippen LogP contribution is 2.40. The largest absolute Gasteiger partial charge is 0.465 e. The van der Waals surface area contributed by atoms with Crippen LogP contribution in [0.3, 0.4) is 0 Å². The number of ether oxygens (including phenoxy) is 1.